The van der Waals surface area contributed by atoms with Crippen molar-refractivity contribution in [3.05, 3.63) is 48.0 Å². The molecule has 3 heteroatoms. The molecule has 0 radical (unpaired) electrons. The number of unbranched alkanes of at least 4 members (excludes halogenated alkanes) is 4. The van der Waals surface area contributed by atoms with Crippen molar-refractivity contribution in [3.8, 4) is 23.2 Å². The van der Waals surface area contributed by atoms with Gasteiger partial charge in [0.25, 0.3) is 0 Å². The molecule has 2 nitrogen and oxygen atoms in total. The van der Waals surface area contributed by atoms with Crippen LogP contribution in [0.5, 0.6) is 0 Å². The fraction of sp³-hybridized carbons (Fsp3) is 0.520. The Hall–Kier alpha value is -2.21. The van der Waals surface area contributed by atoms with Gasteiger partial charge in [0, 0.05) is 23.9 Å². The monoisotopic (exact) mass is 378 g/mol. The lowest BCUT2D eigenvalue weighted by molar-refractivity contribution is 0.294. The summed E-state index contributed by atoms with van der Waals surface area (Å²) in [5, 5.41) is 0. The van der Waals surface area contributed by atoms with Crippen molar-refractivity contribution in [1.82, 2.24) is 9.97 Å². The van der Waals surface area contributed by atoms with Crippen LogP contribution < -0.4 is 0 Å². The lowest BCUT2D eigenvalue weighted by Crippen LogP contribution is -2.13. The molecule has 1 aliphatic carbocycles. The summed E-state index contributed by atoms with van der Waals surface area (Å²) in [6, 6.07) is 6.23. The summed E-state index contributed by atoms with van der Waals surface area (Å²) in [7, 11) is 0. The normalized spacial score (nSPS) is 19.1. The molecule has 28 heavy (non-hydrogen) atoms. The van der Waals surface area contributed by atoms with Crippen molar-refractivity contribution in [2.75, 3.05) is 0 Å². The third kappa shape index (κ3) is 6.44. The molecule has 3 rings (SSSR count). The topological polar surface area (TPSA) is 25.8 Å². The van der Waals surface area contributed by atoms with E-state index in [1.54, 1.807) is 24.5 Å². The molecule has 0 unspecified atom stereocenters. The first-order valence-electron chi connectivity index (χ1n) is 10.8. The fourth-order valence-corrected chi connectivity index (χ4v) is 3.96. The molecular formula is C25H31FN2. The van der Waals surface area contributed by atoms with Crippen LogP contribution in [0.25, 0.3) is 11.4 Å². The van der Waals surface area contributed by atoms with Crippen molar-refractivity contribution in [1.29, 1.82) is 0 Å². The Morgan fingerprint density at radius 1 is 0.929 bits per heavy atom. The molecule has 0 N–H and O–H groups in total. The summed E-state index contributed by atoms with van der Waals surface area (Å²) in [6.45, 7) is 2.27. The molecular weight excluding hydrogens is 347 g/mol. The zero-order valence-electron chi connectivity index (χ0n) is 17.0. The highest BCUT2D eigenvalue weighted by molar-refractivity contribution is 5.54. The Labute approximate surface area is 169 Å². The Morgan fingerprint density at radius 3 is 2.29 bits per heavy atom. The van der Waals surface area contributed by atoms with Gasteiger partial charge in [0.15, 0.2) is 5.82 Å². The molecule has 1 aliphatic rings. The van der Waals surface area contributed by atoms with Crippen LogP contribution in [-0.2, 0) is 0 Å². The maximum Gasteiger partial charge on any atom is 0.159 e. The van der Waals surface area contributed by atoms with Gasteiger partial charge >= 0.3 is 0 Å². The van der Waals surface area contributed by atoms with Crippen molar-refractivity contribution in [3.63, 3.8) is 0 Å². The minimum Gasteiger partial charge on any atom is -0.235 e. The third-order valence-electron chi connectivity index (χ3n) is 5.74. The smallest absolute Gasteiger partial charge is 0.159 e. The van der Waals surface area contributed by atoms with E-state index in [1.807, 2.05) is 0 Å². The number of halogens is 1. The van der Waals surface area contributed by atoms with Gasteiger partial charge in [0.05, 0.1) is 5.56 Å². The minimum absolute atomic E-state index is 0.252. The Morgan fingerprint density at radius 2 is 1.61 bits per heavy atom. The van der Waals surface area contributed by atoms with E-state index in [-0.39, 0.29) is 5.82 Å². The highest BCUT2D eigenvalue weighted by atomic mass is 19.1. The molecule has 1 heterocycles. The molecule has 2 aromatic rings. The van der Waals surface area contributed by atoms with Crippen LogP contribution in [0, 0.1) is 29.5 Å². The number of nitrogens with zero attached hydrogens (tertiary/aromatic N) is 2. The van der Waals surface area contributed by atoms with Gasteiger partial charge in [-0.05, 0) is 55.9 Å². The number of benzene rings is 1. The largest absolute Gasteiger partial charge is 0.235 e. The van der Waals surface area contributed by atoms with Gasteiger partial charge in [-0.25, -0.2) is 14.4 Å². The van der Waals surface area contributed by atoms with E-state index in [2.05, 4.69) is 28.7 Å². The van der Waals surface area contributed by atoms with E-state index in [4.69, 9.17) is 0 Å². The standard InChI is InChI=1S/C25H31FN2/c1-2-3-4-5-6-7-20-8-10-21(11-9-20)12-13-22-18-27-25(28-19-22)23-14-16-24(26)17-15-23/h14-21H,2-11H2,1H3/t20-,21-. The SMILES string of the molecule is CCCCCCC[C@H]1CC[C@H](C#Cc2cnc(-c3ccc(F)cc3)nc2)CC1. The minimum atomic E-state index is -0.252. The van der Waals surface area contributed by atoms with Crippen LogP contribution in [0.1, 0.15) is 76.7 Å². The molecule has 1 fully saturated rings. The van der Waals surface area contributed by atoms with E-state index in [9.17, 15) is 4.39 Å². The van der Waals surface area contributed by atoms with Crippen LogP contribution >= 0.6 is 0 Å². The van der Waals surface area contributed by atoms with Crippen LogP contribution in [-0.4, -0.2) is 9.97 Å². The Bertz CT molecular complexity index is 763. The number of aromatic nitrogens is 2. The van der Waals surface area contributed by atoms with Gasteiger partial charge in [-0.1, -0.05) is 57.3 Å². The van der Waals surface area contributed by atoms with Crippen LogP contribution in [0.15, 0.2) is 36.7 Å². The number of hydrogen-bond donors (Lipinski definition) is 0. The van der Waals surface area contributed by atoms with E-state index in [1.165, 1.54) is 76.3 Å². The molecule has 0 saturated heterocycles. The molecule has 0 amide bonds. The average molecular weight is 379 g/mol. The van der Waals surface area contributed by atoms with Crippen molar-refractivity contribution < 1.29 is 4.39 Å². The Kier molecular flexibility index (Phi) is 8.03. The molecule has 0 spiro atoms. The molecule has 0 bridgehead atoms. The maximum absolute atomic E-state index is 13.0. The zero-order valence-corrected chi connectivity index (χ0v) is 17.0. The van der Waals surface area contributed by atoms with E-state index >= 15 is 0 Å². The van der Waals surface area contributed by atoms with Crippen molar-refractivity contribution in [2.24, 2.45) is 11.8 Å². The van der Waals surface area contributed by atoms with Gasteiger partial charge in [-0.3, -0.25) is 0 Å². The summed E-state index contributed by atoms with van der Waals surface area (Å²) in [5.41, 5.74) is 1.66. The van der Waals surface area contributed by atoms with Gasteiger partial charge < -0.3 is 0 Å². The fourth-order valence-electron chi connectivity index (χ4n) is 3.96. The third-order valence-corrected chi connectivity index (χ3v) is 5.74. The second kappa shape index (κ2) is 11.0. The van der Waals surface area contributed by atoms with Crippen molar-refractivity contribution in [2.45, 2.75) is 71.1 Å². The summed E-state index contributed by atoms with van der Waals surface area (Å²) >= 11 is 0. The first-order valence-corrected chi connectivity index (χ1v) is 10.8. The van der Waals surface area contributed by atoms with E-state index in [0.717, 1.165) is 17.0 Å². The first-order chi connectivity index (χ1) is 13.7. The predicted octanol–water partition coefficient (Wildman–Crippen LogP) is 6.80. The highest BCUT2D eigenvalue weighted by Gasteiger charge is 2.19. The maximum atomic E-state index is 13.0. The van der Waals surface area contributed by atoms with Crippen molar-refractivity contribution >= 4 is 0 Å². The van der Waals surface area contributed by atoms with Crippen LogP contribution in [0.3, 0.4) is 0 Å². The van der Waals surface area contributed by atoms with Gasteiger partial charge in [-0.2, -0.15) is 0 Å². The van der Waals surface area contributed by atoms with Gasteiger partial charge in [0.1, 0.15) is 5.82 Å². The summed E-state index contributed by atoms with van der Waals surface area (Å²) in [5.74, 6) is 8.45. The average Bonchev–Trinajstić information content (AvgIpc) is 2.74. The molecule has 0 atom stereocenters. The predicted molar refractivity (Wildman–Crippen MR) is 113 cm³/mol. The highest BCUT2D eigenvalue weighted by Crippen LogP contribution is 2.31. The van der Waals surface area contributed by atoms with Crippen LogP contribution in [0.2, 0.25) is 0 Å². The summed E-state index contributed by atoms with van der Waals surface area (Å²) in [6.07, 6.45) is 17.0. The first kappa shape index (κ1) is 20.5. The lowest BCUT2D eigenvalue weighted by Gasteiger charge is -2.25. The van der Waals surface area contributed by atoms with E-state index in [0.29, 0.717) is 11.7 Å². The zero-order chi connectivity index (χ0) is 19.6. The van der Waals surface area contributed by atoms with Gasteiger partial charge in [0.2, 0.25) is 0 Å². The number of hydrogen-bond acceptors (Lipinski definition) is 2. The Balaban J connectivity index is 1.44. The summed E-state index contributed by atoms with van der Waals surface area (Å²) in [4.78, 5) is 8.75. The second-order valence-corrected chi connectivity index (χ2v) is 7.99. The van der Waals surface area contributed by atoms with E-state index < -0.39 is 0 Å². The van der Waals surface area contributed by atoms with Gasteiger partial charge in [-0.15, -0.1) is 0 Å². The molecule has 148 valence electrons. The molecule has 1 aromatic carbocycles. The quantitative estimate of drug-likeness (QED) is 0.391. The summed E-state index contributed by atoms with van der Waals surface area (Å²) < 4.78 is 13.0. The molecule has 1 saturated carbocycles. The number of rotatable bonds is 7. The molecule has 0 aliphatic heterocycles. The lowest BCUT2D eigenvalue weighted by atomic mass is 9.80. The molecule has 1 aromatic heterocycles. The second-order valence-electron chi connectivity index (χ2n) is 7.99. The van der Waals surface area contributed by atoms with Crippen LogP contribution in [0.4, 0.5) is 4.39 Å².